The lowest BCUT2D eigenvalue weighted by Crippen LogP contribution is -2.51. The van der Waals surface area contributed by atoms with Crippen LogP contribution < -0.4 is 10.2 Å². The first-order chi connectivity index (χ1) is 17.3. The fourth-order valence-corrected chi connectivity index (χ4v) is 6.19. The molecule has 0 unspecified atom stereocenters. The summed E-state index contributed by atoms with van der Waals surface area (Å²) in [7, 11) is -3.74. The SMILES string of the molecule is Cc1ccc(N[C@@H]2CCN(S(=O)(=O)c3ccc(-c4ccnc(N5CC[C@H](O)C5)c4)cc3)C[C@@H]2O)nc1. The van der Waals surface area contributed by atoms with E-state index in [1.165, 1.54) is 4.31 Å². The predicted molar refractivity (Wildman–Crippen MR) is 138 cm³/mol. The van der Waals surface area contributed by atoms with Crippen LogP contribution in [0.1, 0.15) is 18.4 Å². The first-order valence-electron chi connectivity index (χ1n) is 12.2. The number of aliphatic hydroxyl groups excluding tert-OH is 2. The largest absolute Gasteiger partial charge is 0.391 e. The van der Waals surface area contributed by atoms with Gasteiger partial charge in [0.25, 0.3) is 0 Å². The van der Waals surface area contributed by atoms with Crippen LogP contribution in [0.3, 0.4) is 0 Å². The lowest BCUT2D eigenvalue weighted by atomic mass is 10.0. The Labute approximate surface area is 211 Å². The summed E-state index contributed by atoms with van der Waals surface area (Å²) in [5.41, 5.74) is 2.85. The number of sulfonamides is 1. The van der Waals surface area contributed by atoms with Gasteiger partial charge in [-0.3, -0.25) is 0 Å². The zero-order chi connectivity index (χ0) is 25.3. The minimum atomic E-state index is -3.74. The molecule has 3 atom stereocenters. The van der Waals surface area contributed by atoms with Gasteiger partial charge in [0.1, 0.15) is 11.6 Å². The number of nitrogens with zero attached hydrogens (tertiary/aromatic N) is 4. The molecule has 2 aliphatic rings. The smallest absolute Gasteiger partial charge is 0.243 e. The van der Waals surface area contributed by atoms with Crippen molar-refractivity contribution in [1.29, 1.82) is 0 Å². The number of anilines is 2. The van der Waals surface area contributed by atoms with Crippen molar-refractivity contribution in [2.24, 2.45) is 0 Å². The summed E-state index contributed by atoms with van der Waals surface area (Å²) >= 11 is 0. The Morgan fingerprint density at radius 1 is 0.944 bits per heavy atom. The number of piperidine rings is 1. The highest BCUT2D eigenvalue weighted by Gasteiger charge is 2.35. The van der Waals surface area contributed by atoms with Crippen LogP contribution in [0, 0.1) is 6.92 Å². The van der Waals surface area contributed by atoms with Crippen molar-refractivity contribution in [3.05, 3.63) is 66.5 Å². The quantitative estimate of drug-likeness (QED) is 0.463. The number of hydrogen-bond acceptors (Lipinski definition) is 8. The first-order valence-corrected chi connectivity index (χ1v) is 13.6. The maximum atomic E-state index is 13.3. The first kappa shape index (κ1) is 24.6. The fraction of sp³-hybridized carbons (Fsp3) is 0.385. The minimum absolute atomic E-state index is 0.0169. The third kappa shape index (κ3) is 5.22. The minimum Gasteiger partial charge on any atom is -0.391 e. The predicted octanol–water partition coefficient (Wildman–Crippen LogP) is 2.26. The van der Waals surface area contributed by atoms with Crippen LogP contribution >= 0.6 is 0 Å². The van der Waals surface area contributed by atoms with Gasteiger partial charge in [-0.25, -0.2) is 18.4 Å². The Kier molecular flexibility index (Phi) is 6.94. The standard InChI is InChI=1S/C26H31N5O4S/c1-18-2-7-25(28-15-18)29-23-10-13-31(17-24(23)33)36(34,35)22-5-3-19(4-6-22)20-8-11-27-26(14-20)30-12-9-21(32)16-30/h2-8,11,14-15,21,23-24,32-33H,9-10,12-13,16-17H2,1H3,(H,28,29)/t21-,23+,24-/m0/s1. The molecule has 2 aliphatic heterocycles. The molecule has 0 saturated carbocycles. The maximum absolute atomic E-state index is 13.3. The molecule has 36 heavy (non-hydrogen) atoms. The molecule has 2 saturated heterocycles. The van der Waals surface area contributed by atoms with Gasteiger partial charge in [-0.15, -0.1) is 0 Å². The zero-order valence-corrected chi connectivity index (χ0v) is 21.0. The van der Waals surface area contributed by atoms with Gasteiger partial charge in [0.05, 0.1) is 23.1 Å². The van der Waals surface area contributed by atoms with Gasteiger partial charge in [0.2, 0.25) is 10.0 Å². The van der Waals surface area contributed by atoms with Gasteiger partial charge in [-0.05, 0) is 66.8 Å². The van der Waals surface area contributed by atoms with Gasteiger partial charge in [-0.2, -0.15) is 4.31 Å². The van der Waals surface area contributed by atoms with E-state index in [1.807, 2.05) is 36.1 Å². The fourth-order valence-electron chi connectivity index (χ4n) is 4.72. The van der Waals surface area contributed by atoms with Crippen LogP contribution in [0.5, 0.6) is 0 Å². The molecule has 190 valence electrons. The Balaban J connectivity index is 1.26. The van der Waals surface area contributed by atoms with Crippen molar-refractivity contribution in [2.75, 3.05) is 36.4 Å². The molecule has 1 aromatic carbocycles. The molecular weight excluding hydrogens is 478 g/mol. The zero-order valence-electron chi connectivity index (χ0n) is 20.2. The van der Waals surface area contributed by atoms with Crippen molar-refractivity contribution >= 4 is 21.7 Å². The average Bonchev–Trinajstić information content (AvgIpc) is 3.33. The van der Waals surface area contributed by atoms with E-state index in [-0.39, 0.29) is 23.6 Å². The number of aryl methyl sites for hydroxylation is 1. The topological polar surface area (TPSA) is 119 Å². The Morgan fingerprint density at radius 3 is 2.42 bits per heavy atom. The van der Waals surface area contributed by atoms with E-state index in [0.717, 1.165) is 35.5 Å². The molecular formula is C26H31N5O4S. The molecule has 2 aromatic heterocycles. The van der Waals surface area contributed by atoms with E-state index in [0.29, 0.717) is 25.3 Å². The molecule has 0 spiro atoms. The number of rotatable bonds is 6. The Hall–Kier alpha value is -3.05. The lowest BCUT2D eigenvalue weighted by molar-refractivity contribution is 0.0949. The van der Waals surface area contributed by atoms with E-state index >= 15 is 0 Å². The van der Waals surface area contributed by atoms with Gasteiger partial charge < -0.3 is 20.4 Å². The lowest BCUT2D eigenvalue weighted by Gasteiger charge is -2.35. The highest BCUT2D eigenvalue weighted by molar-refractivity contribution is 7.89. The molecule has 0 aliphatic carbocycles. The summed E-state index contributed by atoms with van der Waals surface area (Å²) in [4.78, 5) is 11.0. The van der Waals surface area contributed by atoms with Gasteiger partial charge in [-0.1, -0.05) is 18.2 Å². The summed E-state index contributed by atoms with van der Waals surface area (Å²) in [6, 6.07) is 14.2. The van der Waals surface area contributed by atoms with Gasteiger partial charge >= 0.3 is 0 Å². The highest BCUT2D eigenvalue weighted by Crippen LogP contribution is 2.28. The number of benzene rings is 1. The number of aliphatic hydroxyl groups is 2. The second-order valence-corrected chi connectivity index (χ2v) is 11.4. The second-order valence-electron chi connectivity index (χ2n) is 9.51. The Morgan fingerprint density at radius 2 is 1.75 bits per heavy atom. The van der Waals surface area contributed by atoms with Crippen LogP contribution in [0.2, 0.25) is 0 Å². The monoisotopic (exact) mass is 509 g/mol. The van der Waals surface area contributed by atoms with Gasteiger partial charge in [0, 0.05) is 38.6 Å². The van der Waals surface area contributed by atoms with Gasteiger partial charge in [0.15, 0.2) is 0 Å². The van der Waals surface area contributed by atoms with Crippen molar-refractivity contribution in [3.63, 3.8) is 0 Å². The summed E-state index contributed by atoms with van der Waals surface area (Å²) in [5.74, 6) is 1.46. The van der Waals surface area contributed by atoms with E-state index in [4.69, 9.17) is 0 Å². The van der Waals surface area contributed by atoms with Crippen molar-refractivity contribution in [2.45, 2.75) is 42.9 Å². The molecule has 0 bridgehead atoms. The van der Waals surface area contributed by atoms with E-state index in [1.54, 1.807) is 36.7 Å². The molecule has 3 N–H and O–H groups in total. The van der Waals surface area contributed by atoms with Crippen LogP contribution in [-0.4, -0.2) is 77.3 Å². The molecule has 9 nitrogen and oxygen atoms in total. The van der Waals surface area contributed by atoms with Crippen molar-refractivity contribution < 1.29 is 18.6 Å². The summed E-state index contributed by atoms with van der Waals surface area (Å²) in [5, 5.41) is 23.7. The van der Waals surface area contributed by atoms with Crippen molar-refractivity contribution in [3.8, 4) is 11.1 Å². The summed E-state index contributed by atoms with van der Waals surface area (Å²) < 4.78 is 27.9. The molecule has 5 rings (SSSR count). The maximum Gasteiger partial charge on any atom is 0.243 e. The Bertz CT molecular complexity index is 1300. The third-order valence-electron chi connectivity index (χ3n) is 6.85. The molecule has 4 heterocycles. The van der Waals surface area contributed by atoms with E-state index in [2.05, 4.69) is 15.3 Å². The van der Waals surface area contributed by atoms with Crippen LogP contribution in [0.25, 0.3) is 11.1 Å². The number of aromatic nitrogens is 2. The molecule has 0 amide bonds. The van der Waals surface area contributed by atoms with E-state index < -0.39 is 16.1 Å². The molecule has 0 radical (unpaired) electrons. The van der Waals surface area contributed by atoms with Crippen molar-refractivity contribution in [1.82, 2.24) is 14.3 Å². The molecule has 3 aromatic rings. The van der Waals surface area contributed by atoms with Crippen LogP contribution in [0.4, 0.5) is 11.6 Å². The van der Waals surface area contributed by atoms with Crippen LogP contribution in [0.15, 0.2) is 65.8 Å². The van der Waals surface area contributed by atoms with E-state index in [9.17, 15) is 18.6 Å². The molecule has 10 heteroatoms. The molecule has 2 fully saturated rings. The second kappa shape index (κ2) is 10.1. The van der Waals surface area contributed by atoms with Crippen LogP contribution in [-0.2, 0) is 10.0 Å². The normalized spacial score (nSPS) is 23.1. The number of β-amino-alcohol motifs (C(OH)–C–C–N with tert-alkyl or cyclic N) is 2. The number of nitrogens with one attached hydrogen (secondary N) is 1. The average molecular weight is 510 g/mol. The number of hydrogen-bond donors (Lipinski definition) is 3. The summed E-state index contributed by atoms with van der Waals surface area (Å²) in [6.07, 6.45) is 3.49. The third-order valence-corrected chi connectivity index (χ3v) is 8.73. The number of pyridine rings is 2. The highest BCUT2D eigenvalue weighted by atomic mass is 32.2. The summed E-state index contributed by atoms with van der Waals surface area (Å²) in [6.45, 7) is 3.60.